The number of carbonyl (C=O) groups is 1. The van der Waals surface area contributed by atoms with Crippen molar-refractivity contribution >= 4 is 12.0 Å². The summed E-state index contributed by atoms with van der Waals surface area (Å²) < 4.78 is 28.2. The molecule has 1 atom stereocenters. The largest absolute Gasteiger partial charge is 0.339 e. The maximum atomic E-state index is 13.2. The first-order valence-corrected chi connectivity index (χ1v) is 8.00. The highest BCUT2D eigenvalue weighted by Crippen LogP contribution is 2.21. The van der Waals surface area contributed by atoms with Crippen molar-refractivity contribution in [3.63, 3.8) is 0 Å². The van der Waals surface area contributed by atoms with Crippen LogP contribution >= 0.6 is 0 Å². The molecule has 0 fully saturated rings. The van der Waals surface area contributed by atoms with Gasteiger partial charge in [-0.1, -0.05) is 24.3 Å². The molecule has 0 saturated carbocycles. The number of aryl methyl sites for hydroxylation is 1. The molecule has 1 heterocycles. The second-order valence-corrected chi connectivity index (χ2v) is 5.78. The predicted molar refractivity (Wildman–Crippen MR) is 95.0 cm³/mol. The van der Waals surface area contributed by atoms with Crippen molar-refractivity contribution in [2.75, 3.05) is 0 Å². The highest BCUT2D eigenvalue weighted by atomic mass is 19.1. The van der Waals surface area contributed by atoms with E-state index in [1.165, 1.54) is 36.4 Å². The zero-order valence-electron chi connectivity index (χ0n) is 14.1. The molecule has 2 aromatic carbocycles. The van der Waals surface area contributed by atoms with E-state index in [4.69, 9.17) is 0 Å². The Morgan fingerprint density at radius 1 is 1.15 bits per heavy atom. The molecule has 132 valence electrons. The Hall–Kier alpha value is -3.28. The van der Waals surface area contributed by atoms with Crippen LogP contribution in [0, 0.1) is 11.6 Å². The Bertz CT molecular complexity index is 932. The number of rotatable bonds is 5. The van der Waals surface area contributed by atoms with Crippen molar-refractivity contribution in [2.45, 2.75) is 6.04 Å². The smallest absolute Gasteiger partial charge is 0.244 e. The highest BCUT2D eigenvalue weighted by Gasteiger charge is 2.19. The molecule has 26 heavy (non-hydrogen) atoms. The van der Waals surface area contributed by atoms with Crippen LogP contribution in [0.4, 0.5) is 8.78 Å². The Morgan fingerprint density at radius 2 is 1.92 bits per heavy atom. The van der Waals surface area contributed by atoms with Gasteiger partial charge in [-0.25, -0.2) is 13.8 Å². The number of hydrogen-bond donors (Lipinski definition) is 1. The summed E-state index contributed by atoms with van der Waals surface area (Å²) in [6.07, 6.45) is 6.24. The number of nitrogens with zero attached hydrogens (tertiary/aromatic N) is 2. The molecule has 0 aliphatic rings. The molecule has 0 spiro atoms. The molecule has 1 N–H and O–H groups in total. The van der Waals surface area contributed by atoms with Crippen LogP contribution in [0.2, 0.25) is 0 Å². The Labute approximate surface area is 149 Å². The molecule has 1 unspecified atom stereocenters. The maximum Gasteiger partial charge on any atom is 0.244 e. The Morgan fingerprint density at radius 3 is 2.58 bits per heavy atom. The van der Waals surface area contributed by atoms with Crippen molar-refractivity contribution < 1.29 is 13.6 Å². The van der Waals surface area contributed by atoms with Crippen LogP contribution in [-0.4, -0.2) is 15.5 Å². The first kappa shape index (κ1) is 17.5. The minimum atomic E-state index is -0.541. The average molecular weight is 353 g/mol. The summed E-state index contributed by atoms with van der Waals surface area (Å²) in [6, 6.07) is 11.3. The van der Waals surface area contributed by atoms with Gasteiger partial charge in [0.1, 0.15) is 23.5 Å². The first-order chi connectivity index (χ1) is 12.5. The van der Waals surface area contributed by atoms with E-state index in [1.807, 2.05) is 7.05 Å². The lowest BCUT2D eigenvalue weighted by Crippen LogP contribution is -2.29. The molecule has 0 saturated heterocycles. The van der Waals surface area contributed by atoms with Crippen molar-refractivity contribution in [2.24, 2.45) is 7.05 Å². The van der Waals surface area contributed by atoms with Gasteiger partial charge in [0.2, 0.25) is 5.91 Å². The normalized spacial score (nSPS) is 12.3. The Kier molecular flexibility index (Phi) is 5.22. The number of amides is 1. The second kappa shape index (κ2) is 7.74. The van der Waals surface area contributed by atoms with Crippen molar-refractivity contribution in [1.29, 1.82) is 0 Å². The molecule has 0 radical (unpaired) electrons. The topological polar surface area (TPSA) is 46.9 Å². The lowest BCUT2D eigenvalue weighted by molar-refractivity contribution is -0.117. The van der Waals surface area contributed by atoms with Crippen molar-refractivity contribution in [3.05, 3.63) is 95.6 Å². The summed E-state index contributed by atoms with van der Waals surface area (Å²) in [7, 11) is 1.81. The van der Waals surface area contributed by atoms with Crippen molar-refractivity contribution in [3.8, 4) is 0 Å². The SMILES string of the molecule is Cn1ccnc1C(NC(=O)/C=C/c1cccc(F)c1)c1ccc(F)cc1. The summed E-state index contributed by atoms with van der Waals surface area (Å²) in [5, 5.41) is 2.86. The fourth-order valence-corrected chi connectivity index (χ4v) is 2.58. The van der Waals surface area contributed by atoms with Gasteiger partial charge in [0.25, 0.3) is 0 Å². The third-order valence-electron chi connectivity index (χ3n) is 3.88. The summed E-state index contributed by atoms with van der Waals surface area (Å²) in [5.74, 6) is -0.481. The number of halogens is 2. The van der Waals surface area contributed by atoms with Crippen LogP contribution in [0.25, 0.3) is 6.08 Å². The number of benzene rings is 2. The lowest BCUT2D eigenvalue weighted by atomic mass is 10.1. The van der Waals surface area contributed by atoms with Crippen LogP contribution < -0.4 is 5.32 Å². The quantitative estimate of drug-likeness (QED) is 0.712. The van der Waals surface area contributed by atoms with Gasteiger partial charge in [-0.3, -0.25) is 4.79 Å². The molecule has 0 aliphatic heterocycles. The zero-order chi connectivity index (χ0) is 18.5. The van der Waals surface area contributed by atoms with Gasteiger partial charge in [0, 0.05) is 25.5 Å². The predicted octanol–water partition coefficient (Wildman–Crippen LogP) is 3.62. The molecule has 1 amide bonds. The Balaban J connectivity index is 1.82. The maximum absolute atomic E-state index is 13.2. The van der Waals surface area contributed by atoms with Gasteiger partial charge >= 0.3 is 0 Å². The van der Waals surface area contributed by atoms with E-state index >= 15 is 0 Å². The zero-order valence-corrected chi connectivity index (χ0v) is 14.1. The number of imidazole rings is 1. The lowest BCUT2D eigenvalue weighted by Gasteiger charge is -2.18. The molecule has 6 heteroatoms. The molecule has 0 bridgehead atoms. The summed E-state index contributed by atoms with van der Waals surface area (Å²) in [6.45, 7) is 0. The van der Waals surface area contributed by atoms with Gasteiger partial charge in [-0.2, -0.15) is 0 Å². The monoisotopic (exact) mass is 353 g/mol. The summed E-state index contributed by atoms with van der Waals surface area (Å²) in [4.78, 5) is 16.6. The molecular formula is C20H17F2N3O. The van der Waals surface area contributed by atoms with E-state index < -0.39 is 6.04 Å². The second-order valence-electron chi connectivity index (χ2n) is 5.78. The van der Waals surface area contributed by atoms with Crippen LogP contribution in [-0.2, 0) is 11.8 Å². The van der Waals surface area contributed by atoms with Gasteiger partial charge in [-0.15, -0.1) is 0 Å². The fraction of sp³-hybridized carbons (Fsp3) is 0.100. The molecular weight excluding hydrogens is 336 g/mol. The standard InChI is InChI=1S/C20H17F2N3O/c1-25-12-11-23-20(25)19(15-6-8-16(21)9-7-15)24-18(26)10-5-14-3-2-4-17(22)13-14/h2-13,19H,1H3,(H,24,26)/b10-5+. The average Bonchev–Trinajstić information content (AvgIpc) is 3.05. The van der Waals surface area contributed by atoms with E-state index in [1.54, 1.807) is 41.2 Å². The summed E-state index contributed by atoms with van der Waals surface area (Å²) in [5.41, 5.74) is 1.28. The fourth-order valence-electron chi connectivity index (χ4n) is 2.58. The highest BCUT2D eigenvalue weighted by molar-refractivity contribution is 5.92. The van der Waals surface area contributed by atoms with E-state index in [0.29, 0.717) is 17.0 Å². The van der Waals surface area contributed by atoms with E-state index in [0.717, 1.165) is 0 Å². The van der Waals surface area contributed by atoms with Crippen LogP contribution in [0.15, 0.2) is 67.0 Å². The van der Waals surface area contributed by atoms with Crippen LogP contribution in [0.1, 0.15) is 23.0 Å². The first-order valence-electron chi connectivity index (χ1n) is 8.00. The minimum Gasteiger partial charge on any atom is -0.339 e. The number of aromatic nitrogens is 2. The van der Waals surface area contributed by atoms with E-state index in [2.05, 4.69) is 10.3 Å². The van der Waals surface area contributed by atoms with Gasteiger partial charge in [0.05, 0.1) is 0 Å². The molecule has 1 aromatic heterocycles. The van der Waals surface area contributed by atoms with E-state index in [9.17, 15) is 13.6 Å². The molecule has 0 aliphatic carbocycles. The number of hydrogen-bond acceptors (Lipinski definition) is 2. The number of carbonyl (C=O) groups excluding carboxylic acids is 1. The third-order valence-corrected chi connectivity index (χ3v) is 3.88. The van der Waals surface area contributed by atoms with Gasteiger partial charge < -0.3 is 9.88 Å². The molecule has 3 aromatic rings. The molecule has 3 rings (SSSR count). The third kappa shape index (κ3) is 4.22. The van der Waals surface area contributed by atoms with E-state index in [-0.39, 0.29) is 17.5 Å². The number of nitrogens with one attached hydrogen (secondary N) is 1. The van der Waals surface area contributed by atoms with Gasteiger partial charge in [-0.05, 0) is 41.5 Å². The summed E-state index contributed by atoms with van der Waals surface area (Å²) >= 11 is 0. The van der Waals surface area contributed by atoms with Crippen molar-refractivity contribution in [1.82, 2.24) is 14.9 Å². The molecule has 4 nitrogen and oxygen atoms in total. The van der Waals surface area contributed by atoms with Crippen LogP contribution in [0.5, 0.6) is 0 Å². The minimum absolute atomic E-state index is 0.357. The van der Waals surface area contributed by atoms with Gasteiger partial charge in [0.15, 0.2) is 0 Å². The van der Waals surface area contributed by atoms with Crippen LogP contribution in [0.3, 0.4) is 0 Å².